The predicted molar refractivity (Wildman–Crippen MR) is 143 cm³/mol. The summed E-state index contributed by atoms with van der Waals surface area (Å²) in [5.41, 5.74) is -0.0494. The number of carbonyl (C=O) groups is 2. The van der Waals surface area contributed by atoms with Crippen molar-refractivity contribution in [2.75, 3.05) is 31.5 Å². The molecule has 0 spiro atoms. The topological polar surface area (TPSA) is 104 Å². The fourth-order valence-electron chi connectivity index (χ4n) is 4.37. The molecule has 0 aromatic carbocycles. The van der Waals surface area contributed by atoms with Crippen molar-refractivity contribution in [1.29, 1.82) is 0 Å². The summed E-state index contributed by atoms with van der Waals surface area (Å²) < 4.78 is 6.98. The third kappa shape index (κ3) is 7.03. The number of nitrogens with one attached hydrogen (secondary N) is 2. The summed E-state index contributed by atoms with van der Waals surface area (Å²) in [6.45, 7) is 12.6. The minimum atomic E-state index is -0.152. The summed E-state index contributed by atoms with van der Waals surface area (Å²) in [5, 5.41) is 7.34. The first-order chi connectivity index (χ1) is 17.2. The van der Waals surface area contributed by atoms with E-state index in [1.165, 1.54) is 6.08 Å². The first kappa shape index (κ1) is 26.5. The molecule has 36 heavy (non-hydrogen) atoms. The van der Waals surface area contributed by atoms with Crippen LogP contribution >= 0.6 is 23.1 Å². The zero-order valence-electron chi connectivity index (χ0n) is 21.3. The molecule has 2 aliphatic heterocycles. The van der Waals surface area contributed by atoms with Crippen molar-refractivity contribution >= 4 is 40.2 Å². The van der Waals surface area contributed by atoms with Gasteiger partial charge in [-0.3, -0.25) is 4.79 Å². The van der Waals surface area contributed by atoms with Gasteiger partial charge in [-0.05, 0) is 31.8 Å². The first-order valence-electron chi connectivity index (χ1n) is 12.5. The second kappa shape index (κ2) is 11.7. The highest BCUT2D eigenvalue weighted by Crippen LogP contribution is 2.32. The average Bonchev–Trinajstić information content (AvgIpc) is 3.52. The summed E-state index contributed by atoms with van der Waals surface area (Å²) in [5.74, 6) is 2.13. The Labute approximate surface area is 221 Å². The number of hydrogen-bond donors (Lipinski definition) is 2. The number of thiazole rings is 1. The van der Waals surface area contributed by atoms with Crippen LogP contribution in [-0.2, 0) is 16.0 Å². The van der Waals surface area contributed by atoms with Crippen LogP contribution in [0.3, 0.4) is 0 Å². The van der Waals surface area contributed by atoms with Gasteiger partial charge >= 0.3 is 6.03 Å². The summed E-state index contributed by atoms with van der Waals surface area (Å²) in [6.07, 6.45) is 8.50. The van der Waals surface area contributed by atoms with Crippen LogP contribution in [0.25, 0.3) is 0 Å². The predicted octanol–water partition coefficient (Wildman–Crippen LogP) is 4.48. The molecule has 0 aliphatic carbocycles. The second-order valence-corrected chi connectivity index (χ2v) is 12.6. The maximum absolute atomic E-state index is 13.1. The molecule has 1 atom stereocenters. The Balaban J connectivity index is 1.23. The van der Waals surface area contributed by atoms with Gasteiger partial charge in [-0.2, -0.15) is 0 Å². The average molecular weight is 533 g/mol. The van der Waals surface area contributed by atoms with Crippen LogP contribution in [0.5, 0.6) is 0 Å². The zero-order valence-corrected chi connectivity index (χ0v) is 22.9. The molecule has 2 saturated heterocycles. The van der Waals surface area contributed by atoms with Gasteiger partial charge in [0.15, 0.2) is 5.13 Å². The van der Waals surface area contributed by atoms with Gasteiger partial charge < -0.3 is 24.9 Å². The number of piperidine rings is 2. The van der Waals surface area contributed by atoms with Gasteiger partial charge in [0.1, 0.15) is 5.76 Å². The summed E-state index contributed by atoms with van der Waals surface area (Å²) in [7, 11) is 0. The Morgan fingerprint density at radius 1 is 1.17 bits per heavy atom. The minimum Gasteiger partial charge on any atom is -0.444 e. The quantitative estimate of drug-likeness (QED) is 0.400. The smallest absolute Gasteiger partial charge is 0.320 e. The highest BCUT2D eigenvalue weighted by atomic mass is 32.2. The maximum Gasteiger partial charge on any atom is 0.320 e. The van der Waals surface area contributed by atoms with Gasteiger partial charge in [0.05, 0.1) is 22.4 Å². The van der Waals surface area contributed by atoms with E-state index in [-0.39, 0.29) is 29.4 Å². The highest BCUT2D eigenvalue weighted by Gasteiger charge is 2.30. The van der Waals surface area contributed by atoms with Crippen LogP contribution in [-0.4, -0.2) is 70.0 Å². The van der Waals surface area contributed by atoms with E-state index < -0.39 is 0 Å². The molecule has 4 rings (SSSR count). The zero-order chi connectivity index (χ0) is 25.7. The lowest BCUT2D eigenvalue weighted by Gasteiger charge is -2.39. The number of nitrogens with zero attached hydrogens (tertiary/aromatic N) is 4. The summed E-state index contributed by atoms with van der Waals surface area (Å²) in [4.78, 5) is 37.4. The molecule has 2 aliphatic rings. The van der Waals surface area contributed by atoms with Gasteiger partial charge in [-0.15, -0.1) is 11.8 Å². The number of likely N-dealkylation sites (tertiary alicyclic amines) is 2. The lowest BCUT2D eigenvalue weighted by atomic mass is 9.94. The molecule has 11 heteroatoms. The van der Waals surface area contributed by atoms with Gasteiger partial charge in [-0.1, -0.05) is 38.7 Å². The molecule has 4 heterocycles. The van der Waals surface area contributed by atoms with Crippen molar-refractivity contribution in [2.24, 2.45) is 0 Å². The molecule has 9 nitrogen and oxygen atoms in total. The lowest BCUT2D eigenvalue weighted by molar-refractivity contribution is -0.117. The van der Waals surface area contributed by atoms with Crippen molar-refractivity contribution in [3.8, 4) is 0 Å². The van der Waals surface area contributed by atoms with Crippen molar-refractivity contribution < 1.29 is 14.0 Å². The Morgan fingerprint density at radius 2 is 1.94 bits per heavy atom. The molecular formula is C25H36N6O3S2. The summed E-state index contributed by atoms with van der Waals surface area (Å²) in [6, 6.07) is 0.375. The Hall–Kier alpha value is -2.53. The van der Waals surface area contributed by atoms with E-state index in [4.69, 9.17) is 4.42 Å². The molecule has 0 saturated carbocycles. The van der Waals surface area contributed by atoms with Gasteiger partial charge in [0, 0.05) is 43.7 Å². The number of aromatic nitrogens is 2. The van der Waals surface area contributed by atoms with Crippen LogP contribution in [0.2, 0.25) is 0 Å². The SMILES string of the molecule is C=CC(=O)NC1CCN(C(=O)N2CCC[C@@H](Nc3ncc(SCc4ncc(C(C)(C)C)o4)s3)C2)CC1. The third-order valence-electron chi connectivity index (χ3n) is 6.43. The first-order valence-corrected chi connectivity index (χ1v) is 14.3. The van der Waals surface area contributed by atoms with Crippen LogP contribution in [0.15, 0.2) is 33.7 Å². The van der Waals surface area contributed by atoms with Crippen LogP contribution in [0, 0.1) is 0 Å². The molecule has 0 bridgehead atoms. The molecule has 2 aromatic rings. The monoisotopic (exact) mass is 532 g/mol. The number of urea groups is 1. The van der Waals surface area contributed by atoms with Gasteiger partial charge in [0.25, 0.3) is 0 Å². The van der Waals surface area contributed by atoms with E-state index in [0.29, 0.717) is 25.4 Å². The molecular weight excluding hydrogens is 496 g/mol. The van der Waals surface area contributed by atoms with E-state index in [9.17, 15) is 9.59 Å². The van der Waals surface area contributed by atoms with Crippen molar-refractivity contribution in [3.63, 3.8) is 0 Å². The van der Waals surface area contributed by atoms with Crippen molar-refractivity contribution in [3.05, 3.63) is 36.7 Å². The largest absolute Gasteiger partial charge is 0.444 e. The number of carbonyl (C=O) groups excluding carboxylic acids is 2. The lowest BCUT2D eigenvalue weighted by Crippen LogP contribution is -2.54. The van der Waals surface area contributed by atoms with E-state index in [2.05, 4.69) is 48.0 Å². The maximum atomic E-state index is 13.1. The normalized spacial score (nSPS) is 19.2. The van der Waals surface area contributed by atoms with Gasteiger partial charge in [-0.25, -0.2) is 14.8 Å². The molecule has 3 amide bonds. The van der Waals surface area contributed by atoms with E-state index >= 15 is 0 Å². The van der Waals surface area contributed by atoms with Crippen LogP contribution < -0.4 is 10.6 Å². The fraction of sp³-hybridized carbons (Fsp3) is 0.600. The van der Waals surface area contributed by atoms with E-state index in [1.54, 1.807) is 23.1 Å². The van der Waals surface area contributed by atoms with Gasteiger partial charge in [0.2, 0.25) is 11.8 Å². The number of hydrogen-bond acceptors (Lipinski definition) is 8. The fourth-order valence-corrected chi connectivity index (χ4v) is 6.17. The third-order valence-corrected chi connectivity index (χ3v) is 8.54. The van der Waals surface area contributed by atoms with Crippen molar-refractivity contribution in [1.82, 2.24) is 25.1 Å². The van der Waals surface area contributed by atoms with E-state index in [1.807, 2.05) is 22.2 Å². The molecule has 2 N–H and O–H groups in total. The summed E-state index contributed by atoms with van der Waals surface area (Å²) >= 11 is 3.29. The number of anilines is 1. The number of thioether (sulfide) groups is 1. The van der Waals surface area contributed by atoms with Crippen molar-refractivity contribution in [2.45, 2.75) is 73.9 Å². The number of amides is 3. The molecule has 2 fully saturated rings. The number of rotatable bonds is 7. The molecule has 2 aromatic heterocycles. The minimum absolute atomic E-state index is 0.0494. The Kier molecular flexibility index (Phi) is 8.61. The Bertz CT molecular complexity index is 1050. The highest BCUT2D eigenvalue weighted by molar-refractivity contribution is 8.00. The molecule has 0 unspecified atom stereocenters. The van der Waals surface area contributed by atoms with Crippen LogP contribution in [0.4, 0.5) is 9.93 Å². The number of oxazole rings is 1. The molecule has 196 valence electrons. The standard InChI is InChI=1S/C25H36N6O3S2/c1-5-20(32)28-17-8-11-30(12-9-17)24(33)31-10-6-7-18(15-31)29-23-27-14-22(36-23)35-16-21-26-13-19(34-21)25(2,3)4/h5,13-14,17-18H,1,6-12,15-16H2,2-4H3,(H,27,29)(H,28,32)/t18-/m1/s1. The second-order valence-electron chi connectivity index (χ2n) is 10.3. The molecule has 0 radical (unpaired) electrons. The van der Waals surface area contributed by atoms with E-state index in [0.717, 1.165) is 53.2 Å². The van der Waals surface area contributed by atoms with Crippen LogP contribution in [0.1, 0.15) is 58.1 Å². The Morgan fingerprint density at radius 3 is 2.64 bits per heavy atom.